The van der Waals surface area contributed by atoms with Gasteiger partial charge in [-0.3, -0.25) is 20.2 Å². The molecule has 0 heterocycles. The molecule has 0 rings (SSSR count). The van der Waals surface area contributed by atoms with E-state index in [1.165, 1.54) is 13.8 Å². The fourth-order valence-corrected chi connectivity index (χ4v) is 0.633. The molecule has 8 heteroatoms. The maximum absolute atomic E-state index is 10.9. The minimum absolute atomic E-state index is 0.0542. The highest BCUT2D eigenvalue weighted by Gasteiger charge is 2.19. The average molecular weight is 232 g/mol. The molecule has 2 N–H and O–H groups in total. The number of carbonyl (C=O) groups excluding carboxylic acids is 4. The largest absolute Gasteiger partial charge is 0.450 e. The van der Waals surface area contributed by atoms with Crippen LogP contribution in [-0.4, -0.2) is 37.2 Å². The van der Waals surface area contributed by atoms with Gasteiger partial charge in [0.05, 0.1) is 13.2 Å². The maximum Gasteiger partial charge on any atom is 0.414 e. The van der Waals surface area contributed by atoms with Crippen LogP contribution in [0.5, 0.6) is 0 Å². The monoisotopic (exact) mass is 232 g/mol. The zero-order valence-corrected chi connectivity index (χ0v) is 8.86. The van der Waals surface area contributed by atoms with Crippen LogP contribution in [-0.2, 0) is 19.1 Å². The van der Waals surface area contributed by atoms with Gasteiger partial charge >= 0.3 is 24.0 Å². The summed E-state index contributed by atoms with van der Waals surface area (Å²) in [5.41, 5.74) is 0. The van der Waals surface area contributed by atoms with Crippen molar-refractivity contribution in [2.75, 3.05) is 13.2 Å². The van der Waals surface area contributed by atoms with Crippen LogP contribution in [0.1, 0.15) is 13.8 Å². The molecule has 0 bridgehead atoms. The lowest BCUT2D eigenvalue weighted by molar-refractivity contribution is -0.138. The quantitative estimate of drug-likeness (QED) is 0.623. The second-order valence-corrected chi connectivity index (χ2v) is 2.35. The molecule has 16 heavy (non-hydrogen) atoms. The lowest BCUT2D eigenvalue weighted by atomic mass is 10.5. The number of alkyl carbamates (subject to hydrolysis) is 2. The highest BCUT2D eigenvalue weighted by atomic mass is 16.6. The lowest BCUT2D eigenvalue weighted by Gasteiger charge is -2.04. The summed E-state index contributed by atoms with van der Waals surface area (Å²) in [6, 6.07) is 0. The highest BCUT2D eigenvalue weighted by Crippen LogP contribution is 1.80. The zero-order chi connectivity index (χ0) is 12.6. The molecule has 0 aromatic rings. The Morgan fingerprint density at radius 1 is 0.812 bits per heavy atom. The van der Waals surface area contributed by atoms with Gasteiger partial charge in [-0.25, -0.2) is 9.59 Å². The number of amides is 4. The Morgan fingerprint density at radius 2 is 1.12 bits per heavy atom. The number of hydrogen-bond acceptors (Lipinski definition) is 6. The van der Waals surface area contributed by atoms with Crippen molar-refractivity contribution < 1.29 is 28.7 Å². The van der Waals surface area contributed by atoms with E-state index < -0.39 is 24.0 Å². The van der Waals surface area contributed by atoms with Gasteiger partial charge in [-0.15, -0.1) is 0 Å². The van der Waals surface area contributed by atoms with Crippen molar-refractivity contribution in [3.8, 4) is 0 Å². The summed E-state index contributed by atoms with van der Waals surface area (Å²) in [6.07, 6.45) is -2.13. The van der Waals surface area contributed by atoms with Crippen molar-refractivity contribution in [1.82, 2.24) is 10.6 Å². The third-order valence-electron chi connectivity index (χ3n) is 1.19. The second-order valence-electron chi connectivity index (χ2n) is 2.35. The van der Waals surface area contributed by atoms with Gasteiger partial charge < -0.3 is 9.47 Å². The van der Waals surface area contributed by atoms with Crippen molar-refractivity contribution in [1.29, 1.82) is 0 Å². The fraction of sp³-hybridized carbons (Fsp3) is 0.500. The van der Waals surface area contributed by atoms with Gasteiger partial charge in [0.25, 0.3) is 0 Å². The van der Waals surface area contributed by atoms with Crippen LogP contribution < -0.4 is 10.6 Å². The minimum atomic E-state index is -1.30. The van der Waals surface area contributed by atoms with Crippen molar-refractivity contribution in [2.45, 2.75) is 13.8 Å². The van der Waals surface area contributed by atoms with Gasteiger partial charge in [-0.1, -0.05) is 0 Å². The molecular formula is C8H12N2O6. The van der Waals surface area contributed by atoms with Gasteiger partial charge in [0.15, 0.2) is 0 Å². The van der Waals surface area contributed by atoms with E-state index in [0.29, 0.717) is 0 Å². The Morgan fingerprint density at radius 3 is 1.38 bits per heavy atom. The number of hydrogen-bond donors (Lipinski definition) is 2. The molecular weight excluding hydrogens is 220 g/mol. The standard InChI is InChI=1S/C8H12N2O6/c1-3-15-7(13)9-5(11)6(12)10-8(14)16-4-2/h3-4H2,1-2H3,(H,9,11,13)(H,10,12,14). The highest BCUT2D eigenvalue weighted by molar-refractivity contribution is 6.39. The molecule has 0 saturated heterocycles. The van der Waals surface area contributed by atoms with Gasteiger partial charge in [0, 0.05) is 0 Å². The molecule has 0 aromatic carbocycles. The summed E-state index contributed by atoms with van der Waals surface area (Å²) < 4.78 is 8.70. The summed E-state index contributed by atoms with van der Waals surface area (Å²) in [5, 5.41) is 3.22. The van der Waals surface area contributed by atoms with Gasteiger partial charge in [-0.2, -0.15) is 0 Å². The zero-order valence-electron chi connectivity index (χ0n) is 8.86. The van der Waals surface area contributed by atoms with Crippen molar-refractivity contribution in [3.05, 3.63) is 0 Å². The van der Waals surface area contributed by atoms with Crippen LogP contribution in [0, 0.1) is 0 Å². The van der Waals surface area contributed by atoms with E-state index >= 15 is 0 Å². The summed E-state index contributed by atoms with van der Waals surface area (Å²) >= 11 is 0. The molecule has 0 saturated carbocycles. The molecule has 0 radical (unpaired) electrons. The summed E-state index contributed by atoms with van der Waals surface area (Å²) in [4.78, 5) is 43.3. The van der Waals surface area contributed by atoms with Gasteiger partial charge in [-0.05, 0) is 13.8 Å². The van der Waals surface area contributed by atoms with Crippen molar-refractivity contribution >= 4 is 24.0 Å². The summed E-state index contributed by atoms with van der Waals surface area (Å²) in [7, 11) is 0. The first-order valence-corrected chi connectivity index (χ1v) is 4.47. The molecule has 0 spiro atoms. The molecule has 0 aliphatic heterocycles. The van der Waals surface area contributed by atoms with Crippen molar-refractivity contribution in [2.24, 2.45) is 0 Å². The normalized spacial score (nSPS) is 8.88. The predicted octanol–water partition coefficient (Wildman–Crippen LogP) is -0.468. The maximum atomic E-state index is 10.9. The predicted molar refractivity (Wildman–Crippen MR) is 50.3 cm³/mol. The second kappa shape index (κ2) is 7.21. The van der Waals surface area contributed by atoms with Crippen LogP contribution in [0.2, 0.25) is 0 Å². The van der Waals surface area contributed by atoms with E-state index in [2.05, 4.69) is 9.47 Å². The molecule has 0 unspecified atom stereocenters. The van der Waals surface area contributed by atoms with Crippen LogP contribution in [0.4, 0.5) is 9.59 Å². The topological polar surface area (TPSA) is 111 Å². The first kappa shape index (κ1) is 13.9. The van der Waals surface area contributed by atoms with E-state index in [1.54, 1.807) is 10.6 Å². The van der Waals surface area contributed by atoms with Crippen LogP contribution in [0.15, 0.2) is 0 Å². The lowest BCUT2D eigenvalue weighted by Crippen LogP contribution is -2.45. The van der Waals surface area contributed by atoms with E-state index in [9.17, 15) is 19.2 Å². The Balaban J connectivity index is 4.04. The van der Waals surface area contributed by atoms with E-state index in [4.69, 9.17) is 0 Å². The molecule has 8 nitrogen and oxygen atoms in total. The summed E-state index contributed by atoms with van der Waals surface area (Å²) in [6.45, 7) is 3.17. The Hall–Kier alpha value is -2.12. The van der Waals surface area contributed by atoms with Crippen LogP contribution in [0.3, 0.4) is 0 Å². The minimum Gasteiger partial charge on any atom is -0.450 e. The number of rotatable bonds is 2. The third kappa shape index (κ3) is 5.58. The SMILES string of the molecule is CCOC(=O)NC(=O)C(=O)NC(=O)OCC. The first-order chi connectivity index (χ1) is 7.51. The summed E-state index contributed by atoms with van der Waals surface area (Å²) in [5.74, 6) is -2.60. The Labute approximate surface area is 91.3 Å². The number of nitrogens with one attached hydrogen (secondary N) is 2. The Kier molecular flexibility index (Phi) is 6.25. The smallest absolute Gasteiger partial charge is 0.414 e. The molecule has 4 amide bonds. The van der Waals surface area contributed by atoms with Crippen LogP contribution in [0.25, 0.3) is 0 Å². The van der Waals surface area contributed by atoms with Gasteiger partial charge in [0.1, 0.15) is 0 Å². The average Bonchev–Trinajstić information content (AvgIpc) is 2.17. The first-order valence-electron chi connectivity index (χ1n) is 4.47. The molecule has 90 valence electrons. The van der Waals surface area contributed by atoms with E-state index in [1.807, 2.05) is 0 Å². The van der Waals surface area contributed by atoms with Gasteiger partial charge in [0.2, 0.25) is 0 Å². The van der Waals surface area contributed by atoms with Crippen LogP contribution >= 0.6 is 0 Å². The fourth-order valence-electron chi connectivity index (χ4n) is 0.633. The number of carbonyl (C=O) groups is 4. The van der Waals surface area contributed by atoms with E-state index in [-0.39, 0.29) is 13.2 Å². The third-order valence-corrected chi connectivity index (χ3v) is 1.19. The number of ether oxygens (including phenoxy) is 2. The van der Waals surface area contributed by atoms with Crippen molar-refractivity contribution in [3.63, 3.8) is 0 Å². The molecule has 0 aliphatic carbocycles. The molecule has 0 aromatic heterocycles. The Bertz CT molecular complexity index is 271. The molecule has 0 fully saturated rings. The molecule has 0 aliphatic rings. The van der Waals surface area contributed by atoms with E-state index in [0.717, 1.165) is 0 Å². The molecule has 0 atom stereocenters. The number of imide groups is 2.